The maximum absolute atomic E-state index is 5.93. The van der Waals surface area contributed by atoms with Crippen LogP contribution in [-0.4, -0.2) is 36.1 Å². The molecule has 3 rings (SSSR count). The minimum atomic E-state index is 0.729. The van der Waals surface area contributed by atoms with Crippen LogP contribution in [0.3, 0.4) is 0 Å². The van der Waals surface area contributed by atoms with Crippen molar-refractivity contribution in [2.75, 3.05) is 26.2 Å². The van der Waals surface area contributed by atoms with E-state index in [0.29, 0.717) is 0 Å². The van der Waals surface area contributed by atoms with E-state index in [1.165, 1.54) is 0 Å². The van der Waals surface area contributed by atoms with E-state index in [2.05, 4.69) is 15.2 Å². The number of oxazole rings is 1. The molecule has 0 saturated carbocycles. The van der Waals surface area contributed by atoms with Crippen LogP contribution < -0.4 is 5.32 Å². The second kappa shape index (κ2) is 5.95. The molecule has 1 saturated heterocycles. The lowest BCUT2D eigenvalue weighted by Gasteiger charge is -2.25. The summed E-state index contributed by atoms with van der Waals surface area (Å²) in [5.41, 5.74) is 1.95. The Morgan fingerprint density at radius 1 is 1.25 bits per heavy atom. The topological polar surface area (TPSA) is 41.3 Å². The molecule has 0 spiro atoms. The highest BCUT2D eigenvalue weighted by Gasteiger charge is 2.16. The monoisotopic (exact) mass is 291 g/mol. The highest BCUT2D eigenvalue weighted by molar-refractivity contribution is 6.30. The van der Waals surface area contributed by atoms with Crippen LogP contribution in [0.25, 0.3) is 11.3 Å². The van der Waals surface area contributed by atoms with Gasteiger partial charge < -0.3 is 9.73 Å². The summed E-state index contributed by atoms with van der Waals surface area (Å²) >= 11 is 5.91. The van der Waals surface area contributed by atoms with Crippen molar-refractivity contribution in [1.29, 1.82) is 0 Å². The number of piperazine rings is 1. The summed E-state index contributed by atoms with van der Waals surface area (Å²) in [6, 6.07) is 7.67. The van der Waals surface area contributed by atoms with Crippen molar-refractivity contribution in [2.45, 2.75) is 13.5 Å². The molecule has 0 atom stereocenters. The van der Waals surface area contributed by atoms with Gasteiger partial charge in [0.25, 0.3) is 0 Å². The average molecular weight is 292 g/mol. The summed E-state index contributed by atoms with van der Waals surface area (Å²) in [6.07, 6.45) is 0. The lowest BCUT2D eigenvalue weighted by Crippen LogP contribution is -2.42. The molecular weight excluding hydrogens is 274 g/mol. The Morgan fingerprint density at radius 3 is 2.65 bits per heavy atom. The highest BCUT2D eigenvalue weighted by Crippen LogP contribution is 2.26. The van der Waals surface area contributed by atoms with E-state index in [1.807, 2.05) is 31.2 Å². The lowest BCUT2D eigenvalue weighted by molar-refractivity contribution is 0.213. The minimum Gasteiger partial charge on any atom is -0.439 e. The molecule has 5 heteroatoms. The van der Waals surface area contributed by atoms with Gasteiger partial charge in [0.15, 0.2) is 5.76 Å². The van der Waals surface area contributed by atoms with Gasteiger partial charge in [0, 0.05) is 36.8 Å². The number of rotatable bonds is 3. The number of aromatic nitrogens is 1. The van der Waals surface area contributed by atoms with Crippen molar-refractivity contribution in [3.05, 3.63) is 40.9 Å². The zero-order chi connectivity index (χ0) is 13.9. The fourth-order valence-electron chi connectivity index (χ4n) is 2.45. The number of benzene rings is 1. The van der Waals surface area contributed by atoms with Gasteiger partial charge in [0.1, 0.15) is 0 Å². The Balaban J connectivity index is 1.78. The summed E-state index contributed by atoms with van der Waals surface area (Å²) in [7, 11) is 0. The molecule has 20 heavy (non-hydrogen) atoms. The second-order valence-corrected chi connectivity index (χ2v) is 5.49. The van der Waals surface area contributed by atoms with Crippen LogP contribution in [0.1, 0.15) is 11.6 Å². The van der Waals surface area contributed by atoms with Crippen molar-refractivity contribution in [2.24, 2.45) is 0 Å². The minimum absolute atomic E-state index is 0.729. The molecule has 4 nitrogen and oxygen atoms in total. The maximum Gasteiger partial charge on any atom is 0.209 e. The third-order valence-corrected chi connectivity index (χ3v) is 3.77. The quantitative estimate of drug-likeness (QED) is 0.944. The number of hydrogen-bond acceptors (Lipinski definition) is 4. The maximum atomic E-state index is 5.93. The summed E-state index contributed by atoms with van der Waals surface area (Å²) in [6.45, 7) is 6.90. The largest absolute Gasteiger partial charge is 0.439 e. The third-order valence-electron chi connectivity index (χ3n) is 3.52. The van der Waals surface area contributed by atoms with Crippen LogP contribution in [0.15, 0.2) is 28.7 Å². The van der Waals surface area contributed by atoms with Crippen molar-refractivity contribution in [1.82, 2.24) is 15.2 Å². The first-order chi connectivity index (χ1) is 9.72. The Hall–Kier alpha value is -1.36. The highest BCUT2D eigenvalue weighted by atomic mass is 35.5. The van der Waals surface area contributed by atoms with E-state index < -0.39 is 0 Å². The van der Waals surface area contributed by atoms with Crippen LogP contribution in [0.4, 0.5) is 0 Å². The number of hydrogen-bond donors (Lipinski definition) is 1. The molecule has 1 aromatic carbocycles. The van der Waals surface area contributed by atoms with Crippen molar-refractivity contribution < 1.29 is 4.42 Å². The summed E-state index contributed by atoms with van der Waals surface area (Å²) in [4.78, 5) is 6.90. The molecule has 2 aromatic rings. The fraction of sp³-hybridized carbons (Fsp3) is 0.400. The van der Waals surface area contributed by atoms with Gasteiger partial charge in [0.2, 0.25) is 5.89 Å². The predicted molar refractivity (Wildman–Crippen MR) is 79.8 cm³/mol. The number of nitrogens with zero attached hydrogens (tertiary/aromatic N) is 2. The zero-order valence-electron chi connectivity index (χ0n) is 11.5. The van der Waals surface area contributed by atoms with E-state index in [0.717, 1.165) is 60.7 Å². The molecular formula is C15H18ClN3O. The molecule has 0 amide bonds. The molecule has 0 unspecified atom stereocenters. The molecule has 1 fully saturated rings. The Labute approximate surface area is 123 Å². The van der Waals surface area contributed by atoms with Crippen LogP contribution in [0.2, 0.25) is 5.02 Å². The van der Waals surface area contributed by atoms with E-state index in [9.17, 15) is 0 Å². The van der Waals surface area contributed by atoms with Crippen LogP contribution in [0, 0.1) is 6.92 Å². The van der Waals surface area contributed by atoms with Crippen molar-refractivity contribution in [3.63, 3.8) is 0 Å². The number of halogens is 1. The third kappa shape index (κ3) is 3.03. The first-order valence-electron chi connectivity index (χ1n) is 6.88. The predicted octanol–water partition coefficient (Wildman–Crippen LogP) is 2.71. The Morgan fingerprint density at radius 2 is 1.95 bits per heavy atom. The van der Waals surface area contributed by atoms with Gasteiger partial charge in [-0.15, -0.1) is 0 Å². The van der Waals surface area contributed by atoms with Gasteiger partial charge in [-0.1, -0.05) is 11.6 Å². The first-order valence-corrected chi connectivity index (χ1v) is 7.25. The molecule has 1 aliphatic rings. The second-order valence-electron chi connectivity index (χ2n) is 5.06. The normalized spacial score (nSPS) is 16.5. The molecule has 0 bridgehead atoms. The Kier molecular flexibility index (Phi) is 4.05. The first kappa shape index (κ1) is 13.6. The fourth-order valence-corrected chi connectivity index (χ4v) is 2.58. The van der Waals surface area contributed by atoms with Gasteiger partial charge in [0.05, 0.1) is 12.2 Å². The van der Waals surface area contributed by atoms with Gasteiger partial charge in [-0.05, 0) is 31.2 Å². The number of nitrogens with one attached hydrogen (secondary N) is 1. The summed E-state index contributed by atoms with van der Waals surface area (Å²) in [5, 5.41) is 4.07. The molecule has 1 aromatic heterocycles. The van der Waals surface area contributed by atoms with Gasteiger partial charge in [-0.25, -0.2) is 4.98 Å². The van der Waals surface area contributed by atoms with E-state index >= 15 is 0 Å². The van der Waals surface area contributed by atoms with Crippen molar-refractivity contribution >= 4 is 11.6 Å². The molecule has 2 heterocycles. The van der Waals surface area contributed by atoms with Crippen LogP contribution in [0.5, 0.6) is 0 Å². The average Bonchev–Trinajstić information content (AvgIpc) is 2.81. The van der Waals surface area contributed by atoms with E-state index in [1.54, 1.807) is 0 Å². The lowest BCUT2D eigenvalue weighted by atomic mass is 10.1. The molecule has 106 valence electrons. The molecule has 0 radical (unpaired) electrons. The number of aryl methyl sites for hydroxylation is 1. The summed E-state index contributed by atoms with van der Waals surface area (Å²) in [5.74, 6) is 1.63. The van der Waals surface area contributed by atoms with Crippen LogP contribution >= 0.6 is 11.6 Å². The van der Waals surface area contributed by atoms with E-state index in [4.69, 9.17) is 16.0 Å². The van der Waals surface area contributed by atoms with E-state index in [-0.39, 0.29) is 0 Å². The van der Waals surface area contributed by atoms with Crippen molar-refractivity contribution in [3.8, 4) is 11.3 Å². The summed E-state index contributed by atoms with van der Waals surface area (Å²) < 4.78 is 5.93. The smallest absolute Gasteiger partial charge is 0.209 e. The molecule has 0 aliphatic carbocycles. The zero-order valence-corrected chi connectivity index (χ0v) is 12.3. The molecule has 1 aliphatic heterocycles. The SMILES string of the molecule is Cc1nc(CN2CCNCC2)oc1-c1ccc(Cl)cc1. The standard InChI is InChI=1S/C15H18ClN3O/c1-11-15(12-2-4-13(16)5-3-12)20-14(18-11)10-19-8-6-17-7-9-19/h2-5,17H,6-10H2,1H3. The van der Waals surface area contributed by atoms with Gasteiger partial charge >= 0.3 is 0 Å². The Bertz CT molecular complexity index is 573. The van der Waals surface area contributed by atoms with Gasteiger partial charge in [-0.3, -0.25) is 4.90 Å². The molecule has 1 N–H and O–H groups in total. The van der Waals surface area contributed by atoms with Gasteiger partial charge in [-0.2, -0.15) is 0 Å². The van der Waals surface area contributed by atoms with Crippen LogP contribution in [-0.2, 0) is 6.54 Å².